The quantitative estimate of drug-likeness (QED) is 0.696. The summed E-state index contributed by atoms with van der Waals surface area (Å²) in [5.41, 5.74) is 6.87. The van der Waals surface area contributed by atoms with Gasteiger partial charge in [-0.25, -0.2) is 0 Å². The summed E-state index contributed by atoms with van der Waals surface area (Å²) in [5.74, 6) is 2.54. The second-order valence-corrected chi connectivity index (χ2v) is 2.43. The van der Waals surface area contributed by atoms with Crippen LogP contribution in [0.25, 0.3) is 0 Å². The van der Waals surface area contributed by atoms with E-state index in [0.29, 0.717) is 6.42 Å². The predicted octanol–water partition coefficient (Wildman–Crippen LogP) is 2.13. The van der Waals surface area contributed by atoms with E-state index in [4.69, 9.17) is 12.2 Å². The minimum absolute atomic E-state index is 0. The lowest BCUT2D eigenvalue weighted by atomic mass is 10.1. The zero-order valence-electron chi connectivity index (χ0n) is 6.73. The molecule has 1 aromatic rings. The Morgan fingerprint density at radius 3 is 2.42 bits per heavy atom. The van der Waals surface area contributed by atoms with Crippen LogP contribution in [0.15, 0.2) is 30.3 Å². The summed E-state index contributed by atoms with van der Waals surface area (Å²) >= 11 is 0. The third kappa shape index (κ3) is 2.96. The molecular formula is C10H12ClN. The molecule has 0 radical (unpaired) electrons. The summed E-state index contributed by atoms with van der Waals surface area (Å²) in [6, 6.07) is 9.86. The Bertz CT molecular complexity index is 250. The Hall–Kier alpha value is -0.970. The molecule has 1 nitrogen and oxygen atoms in total. The van der Waals surface area contributed by atoms with E-state index in [1.807, 2.05) is 30.3 Å². The first kappa shape index (κ1) is 11.0. The lowest BCUT2D eigenvalue weighted by Crippen LogP contribution is -2.08. The van der Waals surface area contributed by atoms with Gasteiger partial charge in [0, 0.05) is 12.5 Å². The van der Waals surface area contributed by atoms with Gasteiger partial charge in [-0.1, -0.05) is 30.3 Å². The summed E-state index contributed by atoms with van der Waals surface area (Å²) in [5, 5.41) is 0. The summed E-state index contributed by atoms with van der Waals surface area (Å²) in [7, 11) is 0. The standard InChI is InChI=1S/C10H11N.ClH/c1-2-6-10(11)9-7-4-3-5-8-9;/h1,3-5,7-8,10H,6,11H2;1H/t10-;/m0./s1. The Kier molecular flexibility index (Phi) is 5.19. The van der Waals surface area contributed by atoms with E-state index in [-0.39, 0.29) is 18.4 Å². The molecule has 64 valence electrons. The molecule has 0 fully saturated rings. The zero-order valence-corrected chi connectivity index (χ0v) is 7.55. The minimum atomic E-state index is -0.0128. The Morgan fingerprint density at radius 2 is 1.92 bits per heavy atom. The van der Waals surface area contributed by atoms with E-state index < -0.39 is 0 Å². The molecule has 0 spiro atoms. The number of rotatable bonds is 2. The van der Waals surface area contributed by atoms with E-state index >= 15 is 0 Å². The van der Waals surface area contributed by atoms with Crippen molar-refractivity contribution in [2.24, 2.45) is 5.73 Å². The molecule has 0 aromatic heterocycles. The monoisotopic (exact) mass is 181 g/mol. The molecule has 1 rings (SSSR count). The maximum absolute atomic E-state index is 5.76. The fourth-order valence-electron chi connectivity index (χ4n) is 0.945. The van der Waals surface area contributed by atoms with Crippen molar-refractivity contribution < 1.29 is 0 Å². The van der Waals surface area contributed by atoms with Crippen LogP contribution in [0.1, 0.15) is 18.0 Å². The second-order valence-electron chi connectivity index (χ2n) is 2.43. The molecule has 2 heteroatoms. The number of terminal acetylenes is 1. The van der Waals surface area contributed by atoms with E-state index in [2.05, 4.69) is 5.92 Å². The van der Waals surface area contributed by atoms with Crippen molar-refractivity contribution in [1.82, 2.24) is 0 Å². The van der Waals surface area contributed by atoms with E-state index in [0.717, 1.165) is 5.56 Å². The van der Waals surface area contributed by atoms with Crippen LogP contribution in [-0.4, -0.2) is 0 Å². The highest BCUT2D eigenvalue weighted by Gasteiger charge is 2.00. The molecule has 2 N–H and O–H groups in total. The molecule has 0 bridgehead atoms. The van der Waals surface area contributed by atoms with Gasteiger partial charge in [0.15, 0.2) is 0 Å². The van der Waals surface area contributed by atoms with Crippen molar-refractivity contribution in [1.29, 1.82) is 0 Å². The number of nitrogens with two attached hydrogens (primary N) is 1. The molecule has 1 aromatic carbocycles. The fourth-order valence-corrected chi connectivity index (χ4v) is 0.945. The summed E-state index contributed by atoms with van der Waals surface area (Å²) in [6.07, 6.45) is 5.74. The van der Waals surface area contributed by atoms with Crippen LogP contribution in [0, 0.1) is 12.3 Å². The largest absolute Gasteiger partial charge is 0.323 e. The van der Waals surface area contributed by atoms with Crippen molar-refractivity contribution >= 4 is 12.4 Å². The second kappa shape index (κ2) is 5.65. The Balaban J connectivity index is 0.00000121. The topological polar surface area (TPSA) is 26.0 Å². The SMILES string of the molecule is C#CC[C@H](N)c1ccccc1.Cl. The number of hydrogen-bond acceptors (Lipinski definition) is 1. The van der Waals surface area contributed by atoms with Crippen LogP contribution in [0.4, 0.5) is 0 Å². The van der Waals surface area contributed by atoms with Crippen LogP contribution in [0.2, 0.25) is 0 Å². The lowest BCUT2D eigenvalue weighted by Gasteiger charge is -2.06. The highest BCUT2D eigenvalue weighted by atomic mass is 35.5. The summed E-state index contributed by atoms with van der Waals surface area (Å²) in [6.45, 7) is 0. The maximum atomic E-state index is 5.76. The third-order valence-electron chi connectivity index (χ3n) is 1.57. The van der Waals surface area contributed by atoms with Crippen LogP contribution in [-0.2, 0) is 0 Å². The molecule has 0 heterocycles. The lowest BCUT2D eigenvalue weighted by molar-refractivity contribution is 0.755. The number of hydrogen-bond donors (Lipinski definition) is 1. The minimum Gasteiger partial charge on any atom is -0.323 e. The molecule has 0 aliphatic heterocycles. The van der Waals surface area contributed by atoms with Gasteiger partial charge >= 0.3 is 0 Å². The van der Waals surface area contributed by atoms with E-state index in [1.165, 1.54) is 0 Å². The van der Waals surface area contributed by atoms with E-state index in [1.54, 1.807) is 0 Å². The summed E-state index contributed by atoms with van der Waals surface area (Å²) < 4.78 is 0. The van der Waals surface area contributed by atoms with Gasteiger partial charge in [0.2, 0.25) is 0 Å². The van der Waals surface area contributed by atoms with Crippen molar-refractivity contribution in [3.05, 3.63) is 35.9 Å². The van der Waals surface area contributed by atoms with Crippen LogP contribution in [0.3, 0.4) is 0 Å². The molecule has 0 amide bonds. The molecule has 1 atom stereocenters. The molecule has 12 heavy (non-hydrogen) atoms. The van der Waals surface area contributed by atoms with Crippen LogP contribution < -0.4 is 5.73 Å². The van der Waals surface area contributed by atoms with Gasteiger partial charge in [-0.2, -0.15) is 0 Å². The highest BCUT2D eigenvalue weighted by Crippen LogP contribution is 2.11. The van der Waals surface area contributed by atoms with Crippen molar-refractivity contribution in [3.63, 3.8) is 0 Å². The molecule has 0 saturated heterocycles. The number of halogens is 1. The normalized spacial score (nSPS) is 11.0. The van der Waals surface area contributed by atoms with Crippen LogP contribution in [0.5, 0.6) is 0 Å². The van der Waals surface area contributed by atoms with Gasteiger partial charge in [-0.05, 0) is 5.56 Å². The molecule has 0 saturated carbocycles. The molecule has 0 unspecified atom stereocenters. The molecule has 0 aliphatic rings. The first-order valence-electron chi connectivity index (χ1n) is 3.58. The third-order valence-corrected chi connectivity index (χ3v) is 1.57. The Labute approximate surface area is 79.4 Å². The molecule has 0 aliphatic carbocycles. The van der Waals surface area contributed by atoms with Gasteiger partial charge < -0.3 is 5.73 Å². The van der Waals surface area contributed by atoms with Crippen molar-refractivity contribution in [2.45, 2.75) is 12.5 Å². The van der Waals surface area contributed by atoms with Crippen molar-refractivity contribution in [2.75, 3.05) is 0 Å². The van der Waals surface area contributed by atoms with E-state index in [9.17, 15) is 0 Å². The first-order valence-corrected chi connectivity index (χ1v) is 3.58. The van der Waals surface area contributed by atoms with Gasteiger partial charge in [0.25, 0.3) is 0 Å². The fraction of sp³-hybridized carbons (Fsp3) is 0.200. The zero-order chi connectivity index (χ0) is 8.10. The first-order chi connectivity index (χ1) is 5.34. The molecular weight excluding hydrogens is 170 g/mol. The predicted molar refractivity (Wildman–Crippen MR) is 54.1 cm³/mol. The summed E-state index contributed by atoms with van der Waals surface area (Å²) in [4.78, 5) is 0. The van der Waals surface area contributed by atoms with Gasteiger partial charge in [0.05, 0.1) is 0 Å². The maximum Gasteiger partial charge on any atom is 0.0405 e. The average molecular weight is 182 g/mol. The van der Waals surface area contributed by atoms with Gasteiger partial charge in [0.1, 0.15) is 0 Å². The van der Waals surface area contributed by atoms with Gasteiger partial charge in [-0.3, -0.25) is 0 Å². The highest BCUT2D eigenvalue weighted by molar-refractivity contribution is 5.85. The smallest absolute Gasteiger partial charge is 0.0405 e. The average Bonchev–Trinajstić information content (AvgIpc) is 2.07. The Morgan fingerprint density at radius 1 is 1.33 bits per heavy atom. The van der Waals surface area contributed by atoms with Crippen molar-refractivity contribution in [3.8, 4) is 12.3 Å². The number of benzene rings is 1. The van der Waals surface area contributed by atoms with Crippen LogP contribution >= 0.6 is 12.4 Å². The van der Waals surface area contributed by atoms with Gasteiger partial charge in [-0.15, -0.1) is 24.8 Å².